The third-order valence-electron chi connectivity index (χ3n) is 2.43. The summed E-state index contributed by atoms with van der Waals surface area (Å²) < 4.78 is 5.03. The third kappa shape index (κ3) is 6.06. The zero-order chi connectivity index (χ0) is 13.2. The highest BCUT2D eigenvalue weighted by Crippen LogP contribution is 2.01. The van der Waals surface area contributed by atoms with Crippen LogP contribution in [0.2, 0.25) is 0 Å². The van der Waals surface area contributed by atoms with Gasteiger partial charge in [0, 0.05) is 6.54 Å². The maximum absolute atomic E-state index is 11.3. The van der Waals surface area contributed by atoms with Crippen LogP contribution in [0, 0.1) is 0 Å². The second-order valence-electron chi connectivity index (χ2n) is 3.93. The normalized spacial score (nSPS) is 11.6. The number of rotatable bonds is 7. The van der Waals surface area contributed by atoms with Crippen molar-refractivity contribution in [2.24, 2.45) is 0 Å². The fourth-order valence-electron chi connectivity index (χ4n) is 1.39. The summed E-state index contributed by atoms with van der Waals surface area (Å²) in [4.78, 5) is 11.3. The van der Waals surface area contributed by atoms with Crippen molar-refractivity contribution >= 4 is 6.09 Å². The molecular weight excluding hydrogens is 230 g/mol. The first-order chi connectivity index (χ1) is 8.72. The minimum atomic E-state index is -0.507. The molecule has 98 valence electrons. The van der Waals surface area contributed by atoms with E-state index in [1.807, 2.05) is 30.3 Å². The summed E-state index contributed by atoms with van der Waals surface area (Å²) in [5, 5.41) is 11.8. The topological polar surface area (TPSA) is 58.6 Å². The molecule has 0 radical (unpaired) electrons. The minimum Gasteiger partial charge on any atom is -0.445 e. The number of nitrogens with one attached hydrogen (secondary N) is 1. The van der Waals surface area contributed by atoms with Gasteiger partial charge < -0.3 is 15.2 Å². The molecule has 0 aliphatic rings. The van der Waals surface area contributed by atoms with E-state index >= 15 is 0 Å². The molecule has 1 unspecified atom stereocenters. The lowest BCUT2D eigenvalue weighted by Crippen LogP contribution is -2.25. The maximum atomic E-state index is 11.3. The molecule has 2 N–H and O–H groups in total. The quantitative estimate of drug-likeness (QED) is 0.575. The lowest BCUT2D eigenvalue weighted by atomic mass is 10.2. The Morgan fingerprint density at radius 2 is 2.17 bits per heavy atom. The Balaban J connectivity index is 2.09. The van der Waals surface area contributed by atoms with Crippen molar-refractivity contribution in [2.45, 2.75) is 25.6 Å². The Kier molecular flexibility index (Phi) is 6.58. The first kappa shape index (κ1) is 14.3. The Bertz CT molecular complexity index is 365. The van der Waals surface area contributed by atoms with Gasteiger partial charge in [0.25, 0.3) is 0 Å². The van der Waals surface area contributed by atoms with Crippen LogP contribution in [0.5, 0.6) is 0 Å². The van der Waals surface area contributed by atoms with Crippen LogP contribution in [0.1, 0.15) is 18.4 Å². The lowest BCUT2D eigenvalue weighted by molar-refractivity contribution is 0.138. The van der Waals surface area contributed by atoms with Gasteiger partial charge in [-0.1, -0.05) is 36.4 Å². The number of alkyl carbamates (subject to hydrolysis) is 1. The number of benzene rings is 1. The summed E-state index contributed by atoms with van der Waals surface area (Å²) in [6, 6.07) is 9.50. The Labute approximate surface area is 107 Å². The summed E-state index contributed by atoms with van der Waals surface area (Å²) >= 11 is 0. The molecule has 0 aliphatic carbocycles. The molecule has 0 spiro atoms. The van der Waals surface area contributed by atoms with Crippen molar-refractivity contribution in [2.75, 3.05) is 6.54 Å². The second-order valence-corrected chi connectivity index (χ2v) is 3.93. The SMILES string of the molecule is C=CC(O)CCCNC(=O)OCc1ccccc1. The molecule has 0 heterocycles. The first-order valence-electron chi connectivity index (χ1n) is 5.97. The van der Waals surface area contributed by atoms with Gasteiger partial charge in [0.2, 0.25) is 0 Å². The van der Waals surface area contributed by atoms with E-state index in [9.17, 15) is 9.90 Å². The second kappa shape index (κ2) is 8.31. The number of carbonyl (C=O) groups excluding carboxylic acids is 1. The lowest BCUT2D eigenvalue weighted by Gasteiger charge is -2.08. The van der Waals surface area contributed by atoms with Crippen LogP contribution in [-0.4, -0.2) is 23.8 Å². The average molecular weight is 249 g/mol. The average Bonchev–Trinajstić information content (AvgIpc) is 2.42. The molecule has 1 aromatic rings. The molecule has 1 atom stereocenters. The zero-order valence-corrected chi connectivity index (χ0v) is 10.3. The number of aliphatic hydroxyl groups excluding tert-OH is 1. The van der Waals surface area contributed by atoms with Gasteiger partial charge in [-0.25, -0.2) is 4.79 Å². The van der Waals surface area contributed by atoms with Crippen LogP contribution in [0.4, 0.5) is 4.79 Å². The predicted molar refractivity (Wildman–Crippen MR) is 70.1 cm³/mol. The van der Waals surface area contributed by atoms with Crippen LogP contribution in [-0.2, 0) is 11.3 Å². The van der Waals surface area contributed by atoms with Crippen molar-refractivity contribution in [1.29, 1.82) is 0 Å². The molecule has 4 heteroatoms. The fraction of sp³-hybridized carbons (Fsp3) is 0.357. The van der Waals surface area contributed by atoms with Gasteiger partial charge in [-0.15, -0.1) is 6.58 Å². The van der Waals surface area contributed by atoms with E-state index in [-0.39, 0.29) is 6.61 Å². The molecule has 0 saturated carbocycles. The molecule has 1 aromatic carbocycles. The number of ether oxygens (including phenoxy) is 1. The highest BCUT2D eigenvalue weighted by Gasteiger charge is 2.02. The first-order valence-corrected chi connectivity index (χ1v) is 5.97. The monoisotopic (exact) mass is 249 g/mol. The van der Waals surface area contributed by atoms with Crippen LogP contribution in [0.25, 0.3) is 0 Å². The van der Waals surface area contributed by atoms with Gasteiger partial charge in [-0.2, -0.15) is 0 Å². The predicted octanol–water partition coefficient (Wildman–Crippen LogP) is 2.24. The molecule has 0 saturated heterocycles. The maximum Gasteiger partial charge on any atom is 0.407 e. The zero-order valence-electron chi connectivity index (χ0n) is 10.3. The number of hydrogen-bond donors (Lipinski definition) is 2. The number of carbonyl (C=O) groups is 1. The largest absolute Gasteiger partial charge is 0.445 e. The Morgan fingerprint density at radius 1 is 1.44 bits per heavy atom. The fourth-order valence-corrected chi connectivity index (χ4v) is 1.39. The van der Waals surface area contributed by atoms with Crippen molar-refractivity contribution in [3.63, 3.8) is 0 Å². The van der Waals surface area contributed by atoms with Crippen molar-refractivity contribution in [3.8, 4) is 0 Å². The van der Waals surface area contributed by atoms with E-state index in [0.717, 1.165) is 5.56 Å². The van der Waals surface area contributed by atoms with Gasteiger partial charge in [-0.05, 0) is 18.4 Å². The van der Waals surface area contributed by atoms with Gasteiger partial charge in [0.15, 0.2) is 0 Å². The number of aliphatic hydroxyl groups is 1. The van der Waals surface area contributed by atoms with E-state index in [4.69, 9.17) is 4.74 Å². The Hall–Kier alpha value is -1.81. The highest BCUT2D eigenvalue weighted by atomic mass is 16.5. The minimum absolute atomic E-state index is 0.266. The summed E-state index contributed by atoms with van der Waals surface area (Å²) in [6.07, 6.45) is 1.81. The smallest absolute Gasteiger partial charge is 0.407 e. The molecule has 0 fully saturated rings. The van der Waals surface area contributed by atoms with Crippen LogP contribution >= 0.6 is 0 Å². The van der Waals surface area contributed by atoms with Crippen molar-refractivity contribution in [1.82, 2.24) is 5.32 Å². The highest BCUT2D eigenvalue weighted by molar-refractivity contribution is 5.67. The molecule has 18 heavy (non-hydrogen) atoms. The third-order valence-corrected chi connectivity index (χ3v) is 2.43. The van der Waals surface area contributed by atoms with Crippen LogP contribution in [0.3, 0.4) is 0 Å². The number of amides is 1. The van der Waals surface area contributed by atoms with Crippen LogP contribution in [0.15, 0.2) is 43.0 Å². The summed E-state index contributed by atoms with van der Waals surface area (Å²) in [5.41, 5.74) is 0.953. The van der Waals surface area contributed by atoms with E-state index < -0.39 is 12.2 Å². The molecule has 0 bridgehead atoms. The van der Waals surface area contributed by atoms with Crippen molar-refractivity contribution < 1.29 is 14.6 Å². The van der Waals surface area contributed by atoms with Crippen molar-refractivity contribution in [3.05, 3.63) is 48.6 Å². The molecule has 0 aliphatic heterocycles. The molecule has 1 rings (SSSR count). The molecular formula is C14H19NO3. The van der Waals surface area contributed by atoms with Gasteiger partial charge in [0.1, 0.15) is 6.61 Å². The molecule has 1 amide bonds. The number of hydrogen-bond acceptors (Lipinski definition) is 3. The molecule has 4 nitrogen and oxygen atoms in total. The Morgan fingerprint density at radius 3 is 2.83 bits per heavy atom. The van der Waals surface area contributed by atoms with E-state index in [0.29, 0.717) is 19.4 Å². The summed E-state index contributed by atoms with van der Waals surface area (Å²) in [6.45, 7) is 4.23. The van der Waals surface area contributed by atoms with Gasteiger partial charge in [-0.3, -0.25) is 0 Å². The summed E-state index contributed by atoms with van der Waals surface area (Å²) in [5.74, 6) is 0. The standard InChI is InChI=1S/C14H19NO3/c1-2-13(16)9-6-10-15-14(17)18-11-12-7-4-3-5-8-12/h2-5,7-8,13,16H,1,6,9-11H2,(H,15,17). The molecule has 0 aromatic heterocycles. The van der Waals surface area contributed by atoms with Gasteiger partial charge in [0.05, 0.1) is 6.10 Å². The van der Waals surface area contributed by atoms with Crippen LogP contribution < -0.4 is 5.32 Å². The van der Waals surface area contributed by atoms with Gasteiger partial charge >= 0.3 is 6.09 Å². The summed E-state index contributed by atoms with van der Waals surface area (Å²) in [7, 11) is 0. The van der Waals surface area contributed by atoms with E-state index in [2.05, 4.69) is 11.9 Å². The van der Waals surface area contributed by atoms with E-state index in [1.54, 1.807) is 0 Å². The van der Waals surface area contributed by atoms with E-state index in [1.165, 1.54) is 6.08 Å².